The van der Waals surface area contributed by atoms with Gasteiger partial charge >= 0.3 is 0 Å². The molecule has 0 aliphatic heterocycles. The number of amides is 2. The number of rotatable bonds is 6. The summed E-state index contributed by atoms with van der Waals surface area (Å²) in [5.74, 6) is -0.139. The van der Waals surface area contributed by atoms with Gasteiger partial charge in [0, 0.05) is 6.20 Å². The summed E-state index contributed by atoms with van der Waals surface area (Å²) in [6, 6.07) is 16.2. The van der Waals surface area contributed by atoms with Gasteiger partial charge in [0.15, 0.2) is 5.13 Å². The van der Waals surface area contributed by atoms with E-state index in [2.05, 4.69) is 43.0 Å². The monoisotopic (exact) mass is 534 g/mol. The van der Waals surface area contributed by atoms with Gasteiger partial charge in [0.25, 0.3) is 5.91 Å². The number of ether oxygens (including phenoxy) is 1. The Hall–Kier alpha value is -3.78. The Morgan fingerprint density at radius 1 is 1.05 bits per heavy atom. The molecule has 0 fully saturated rings. The average molecular weight is 535 g/mol. The van der Waals surface area contributed by atoms with E-state index < -0.39 is 5.91 Å². The lowest BCUT2D eigenvalue weighted by molar-refractivity contribution is -0.115. The van der Waals surface area contributed by atoms with Crippen molar-refractivity contribution in [3.63, 3.8) is 0 Å². The van der Waals surface area contributed by atoms with Crippen LogP contribution in [0.5, 0.6) is 11.6 Å². The Balaban J connectivity index is 0.000000560. The molecule has 0 spiro atoms. The maximum absolute atomic E-state index is 12.4. The second kappa shape index (κ2) is 14.2. The Labute approximate surface area is 229 Å². The zero-order valence-corrected chi connectivity index (χ0v) is 24.1. The normalized spacial score (nSPS) is 10.5. The number of thiazole rings is 1. The number of carbonyl (C=O) groups is 2. The molecule has 0 aliphatic carbocycles. The van der Waals surface area contributed by atoms with Crippen LogP contribution in [0.2, 0.25) is 0 Å². The molecule has 0 saturated heterocycles. The van der Waals surface area contributed by atoms with Gasteiger partial charge in [-0.25, -0.2) is 9.97 Å². The van der Waals surface area contributed by atoms with Crippen LogP contribution in [0.4, 0.5) is 5.13 Å². The van der Waals surface area contributed by atoms with Crippen molar-refractivity contribution in [3.05, 3.63) is 77.5 Å². The minimum absolute atomic E-state index is 0.140. The lowest BCUT2D eigenvalue weighted by Crippen LogP contribution is -2.14. The zero-order chi connectivity index (χ0) is 28.3. The third-order valence-electron chi connectivity index (χ3n) is 5.39. The van der Waals surface area contributed by atoms with Crippen molar-refractivity contribution in [1.29, 1.82) is 0 Å². The minimum atomic E-state index is -0.614. The summed E-state index contributed by atoms with van der Waals surface area (Å²) < 4.78 is 6.68. The van der Waals surface area contributed by atoms with Gasteiger partial charge in [0.05, 0.1) is 16.6 Å². The van der Waals surface area contributed by atoms with Crippen LogP contribution in [0.25, 0.3) is 10.2 Å². The van der Waals surface area contributed by atoms with Crippen molar-refractivity contribution in [2.45, 2.75) is 61.3 Å². The average Bonchev–Trinajstić information content (AvgIpc) is 3.27. The molecule has 0 saturated carbocycles. The van der Waals surface area contributed by atoms with Crippen LogP contribution >= 0.6 is 11.3 Å². The number of benzene rings is 2. The number of fused-ring (bicyclic) bond motifs is 1. The Morgan fingerprint density at radius 2 is 1.71 bits per heavy atom. The van der Waals surface area contributed by atoms with Crippen molar-refractivity contribution in [2.75, 3.05) is 5.32 Å². The number of nitrogens with two attached hydrogens (primary N) is 1. The molecule has 38 heavy (non-hydrogen) atoms. The van der Waals surface area contributed by atoms with Gasteiger partial charge in [-0.1, -0.05) is 77.5 Å². The quantitative estimate of drug-likeness (QED) is 0.266. The molecule has 0 unspecified atom stereocenters. The predicted octanol–water partition coefficient (Wildman–Crippen LogP) is 7.54. The number of nitrogens with one attached hydrogen (secondary N) is 1. The topological polar surface area (TPSA) is 107 Å². The van der Waals surface area contributed by atoms with Crippen LogP contribution in [-0.4, -0.2) is 21.8 Å². The third-order valence-corrected chi connectivity index (χ3v) is 6.34. The van der Waals surface area contributed by atoms with Gasteiger partial charge in [0.2, 0.25) is 11.8 Å². The fourth-order valence-electron chi connectivity index (χ4n) is 2.89. The lowest BCUT2D eigenvalue weighted by atomic mass is 9.94. The fourth-order valence-corrected chi connectivity index (χ4v) is 3.75. The molecule has 4 aromatic rings. The third kappa shape index (κ3) is 9.59. The van der Waals surface area contributed by atoms with E-state index in [1.54, 1.807) is 36.4 Å². The highest BCUT2D eigenvalue weighted by atomic mass is 32.1. The van der Waals surface area contributed by atoms with Gasteiger partial charge in [-0.2, -0.15) is 0 Å². The lowest BCUT2D eigenvalue weighted by Gasteiger charge is -2.12. The Morgan fingerprint density at radius 3 is 2.32 bits per heavy atom. The second-order valence-corrected chi connectivity index (χ2v) is 10.6. The smallest absolute Gasteiger partial charge is 0.254 e. The fraction of sp³-hybridized carbons (Fsp3) is 0.333. The number of carbonyl (C=O) groups excluding carboxylic acids is 2. The SMILES string of the molecule is CC.CCC(C)(C)C.Cc1ccc2sc(NC(=O)Cc3ccc(Oc4ncccc4C(N)=O)cc3)nc2c1. The van der Waals surface area contributed by atoms with E-state index in [4.69, 9.17) is 10.5 Å². The van der Waals surface area contributed by atoms with E-state index in [-0.39, 0.29) is 23.8 Å². The highest BCUT2D eigenvalue weighted by molar-refractivity contribution is 7.22. The van der Waals surface area contributed by atoms with Crippen molar-refractivity contribution in [2.24, 2.45) is 11.1 Å². The summed E-state index contributed by atoms with van der Waals surface area (Å²) in [5.41, 5.74) is 8.89. The molecule has 2 amide bonds. The summed E-state index contributed by atoms with van der Waals surface area (Å²) in [6.45, 7) is 14.9. The number of aromatic nitrogens is 2. The summed E-state index contributed by atoms with van der Waals surface area (Å²) in [5, 5.41) is 3.43. The molecule has 3 N–H and O–H groups in total. The molecule has 0 radical (unpaired) electrons. The molecule has 7 nitrogen and oxygen atoms in total. The van der Waals surface area contributed by atoms with Crippen LogP contribution in [0, 0.1) is 12.3 Å². The van der Waals surface area contributed by atoms with Crippen molar-refractivity contribution in [1.82, 2.24) is 9.97 Å². The van der Waals surface area contributed by atoms with Gasteiger partial charge in [-0.15, -0.1) is 0 Å². The number of primary amides is 1. The van der Waals surface area contributed by atoms with E-state index in [9.17, 15) is 9.59 Å². The Bertz CT molecular complexity index is 1340. The van der Waals surface area contributed by atoms with Crippen LogP contribution in [0.15, 0.2) is 60.8 Å². The molecule has 2 heterocycles. The van der Waals surface area contributed by atoms with Crippen LogP contribution < -0.4 is 15.8 Å². The molecule has 8 heteroatoms. The number of nitrogens with zero attached hydrogens (tertiary/aromatic N) is 2. The van der Waals surface area contributed by atoms with E-state index in [0.29, 0.717) is 16.3 Å². The molecule has 2 aromatic carbocycles. The van der Waals surface area contributed by atoms with E-state index in [0.717, 1.165) is 21.3 Å². The van der Waals surface area contributed by atoms with E-state index in [1.165, 1.54) is 24.0 Å². The molecule has 0 aliphatic rings. The highest BCUT2D eigenvalue weighted by Gasteiger charge is 2.12. The molecule has 0 bridgehead atoms. The van der Waals surface area contributed by atoms with Gasteiger partial charge in [-0.3, -0.25) is 9.59 Å². The molecule has 2 aromatic heterocycles. The Kier molecular flexibility index (Phi) is 11.4. The van der Waals surface area contributed by atoms with Gasteiger partial charge in [-0.05, 0) is 59.9 Å². The van der Waals surface area contributed by atoms with Crippen molar-refractivity contribution < 1.29 is 14.3 Å². The molecule has 0 atom stereocenters. The maximum atomic E-state index is 12.4. The van der Waals surface area contributed by atoms with Crippen LogP contribution in [-0.2, 0) is 11.2 Å². The number of hydrogen-bond acceptors (Lipinski definition) is 6. The van der Waals surface area contributed by atoms with E-state index >= 15 is 0 Å². The van der Waals surface area contributed by atoms with Crippen molar-refractivity contribution in [3.8, 4) is 11.6 Å². The van der Waals surface area contributed by atoms with Gasteiger partial charge < -0.3 is 15.8 Å². The van der Waals surface area contributed by atoms with Crippen LogP contribution in [0.1, 0.15) is 69.4 Å². The maximum Gasteiger partial charge on any atom is 0.254 e. The zero-order valence-electron chi connectivity index (χ0n) is 23.3. The molecular formula is C30H38N4O3S. The first kappa shape index (κ1) is 30.4. The highest BCUT2D eigenvalue weighted by Crippen LogP contribution is 2.27. The second-order valence-electron chi connectivity index (χ2n) is 9.60. The van der Waals surface area contributed by atoms with Gasteiger partial charge in [0.1, 0.15) is 11.3 Å². The first-order valence-corrected chi connectivity index (χ1v) is 13.5. The van der Waals surface area contributed by atoms with Crippen molar-refractivity contribution >= 4 is 38.5 Å². The first-order valence-electron chi connectivity index (χ1n) is 12.7. The summed E-state index contributed by atoms with van der Waals surface area (Å²) >= 11 is 1.44. The number of pyridine rings is 1. The first-order chi connectivity index (χ1) is 18.0. The van der Waals surface area contributed by atoms with E-state index in [1.807, 2.05) is 39.0 Å². The summed E-state index contributed by atoms with van der Waals surface area (Å²) in [6.07, 6.45) is 2.99. The molecular weight excluding hydrogens is 496 g/mol. The summed E-state index contributed by atoms with van der Waals surface area (Å²) in [4.78, 5) is 32.4. The van der Waals surface area contributed by atoms with Crippen LogP contribution in [0.3, 0.4) is 0 Å². The predicted molar refractivity (Wildman–Crippen MR) is 157 cm³/mol. The minimum Gasteiger partial charge on any atom is -0.438 e. The standard InChI is InChI=1S/C22H18N4O3S.C6H14.C2H6/c1-13-4-9-18-17(11-13)25-22(30-18)26-19(27)12-14-5-7-15(8-6-14)29-21-16(20(23)28)3-2-10-24-21;1-5-6(2,3)4;1-2/h2-11H,12H2,1H3,(H2,23,28)(H,25,26,27);5H2,1-4H3;1-2H3. The number of anilines is 1. The number of aryl methyl sites for hydroxylation is 1. The molecule has 202 valence electrons. The summed E-state index contributed by atoms with van der Waals surface area (Å²) in [7, 11) is 0. The number of hydrogen-bond donors (Lipinski definition) is 2. The molecule has 4 rings (SSSR count). The largest absolute Gasteiger partial charge is 0.438 e.